The lowest BCUT2D eigenvalue weighted by Crippen LogP contribution is -1.92. The molecular weight excluding hydrogens is 278 g/mol. The molecule has 0 atom stereocenters. The van der Waals surface area contributed by atoms with Crippen molar-refractivity contribution in [3.8, 4) is 11.6 Å². The van der Waals surface area contributed by atoms with Crippen LogP contribution < -0.4 is 4.74 Å². The van der Waals surface area contributed by atoms with Crippen LogP contribution in [0.4, 0.5) is 0 Å². The Bertz CT molecular complexity index is 554. The van der Waals surface area contributed by atoms with Crippen molar-refractivity contribution >= 4 is 15.9 Å². The van der Waals surface area contributed by atoms with Gasteiger partial charge in [0.05, 0.1) is 0 Å². The number of hydrogen-bond acceptors (Lipinski definition) is 2. The highest BCUT2D eigenvalue weighted by Gasteiger charge is 2.13. The van der Waals surface area contributed by atoms with Crippen molar-refractivity contribution in [1.82, 2.24) is 4.98 Å². The van der Waals surface area contributed by atoms with Gasteiger partial charge < -0.3 is 4.74 Å². The molecule has 0 spiro atoms. The molecule has 17 heavy (non-hydrogen) atoms. The molecule has 0 aliphatic heterocycles. The van der Waals surface area contributed by atoms with E-state index in [2.05, 4.69) is 27.0 Å². The van der Waals surface area contributed by atoms with E-state index in [1.807, 2.05) is 30.3 Å². The van der Waals surface area contributed by atoms with E-state index in [1.54, 1.807) is 0 Å². The highest BCUT2D eigenvalue weighted by Crippen LogP contribution is 2.26. The lowest BCUT2D eigenvalue weighted by atomic mass is 10.2. The van der Waals surface area contributed by atoms with E-state index in [-0.39, 0.29) is 0 Å². The minimum Gasteiger partial charge on any atom is -0.439 e. The molecule has 0 radical (unpaired) electrons. The summed E-state index contributed by atoms with van der Waals surface area (Å²) in [6.07, 6.45) is 3.44. The molecule has 1 aromatic heterocycles. The van der Waals surface area contributed by atoms with Crippen molar-refractivity contribution in [3.63, 3.8) is 0 Å². The van der Waals surface area contributed by atoms with Crippen LogP contribution in [0.25, 0.3) is 0 Å². The standard InChI is InChI=1S/C14H12BrNO/c15-11-4-2-5-12(9-11)17-14-8-7-10-3-1-6-13(10)16-14/h2,4-5,7-9H,1,3,6H2. The molecule has 2 nitrogen and oxygen atoms in total. The predicted molar refractivity (Wildman–Crippen MR) is 70.5 cm³/mol. The summed E-state index contributed by atoms with van der Waals surface area (Å²) < 4.78 is 6.75. The van der Waals surface area contributed by atoms with Gasteiger partial charge in [0, 0.05) is 16.2 Å². The van der Waals surface area contributed by atoms with Gasteiger partial charge in [-0.05, 0) is 43.0 Å². The first kappa shape index (κ1) is 10.8. The van der Waals surface area contributed by atoms with Gasteiger partial charge in [-0.1, -0.05) is 28.1 Å². The van der Waals surface area contributed by atoms with Gasteiger partial charge >= 0.3 is 0 Å². The van der Waals surface area contributed by atoms with Gasteiger partial charge in [0.1, 0.15) is 5.75 Å². The zero-order valence-corrected chi connectivity index (χ0v) is 10.9. The average molecular weight is 290 g/mol. The van der Waals surface area contributed by atoms with E-state index in [0.717, 1.165) is 23.1 Å². The molecule has 3 rings (SSSR count). The Labute approximate surface area is 109 Å². The number of rotatable bonds is 2. The molecule has 0 N–H and O–H groups in total. The summed E-state index contributed by atoms with van der Waals surface area (Å²) in [6, 6.07) is 11.9. The molecule has 0 bridgehead atoms. The largest absolute Gasteiger partial charge is 0.439 e. The van der Waals surface area contributed by atoms with Crippen molar-refractivity contribution in [1.29, 1.82) is 0 Å². The normalized spacial score (nSPS) is 13.5. The second-order valence-corrected chi connectivity index (χ2v) is 5.08. The number of aromatic nitrogens is 1. The van der Waals surface area contributed by atoms with Crippen LogP contribution in [0.15, 0.2) is 40.9 Å². The van der Waals surface area contributed by atoms with Gasteiger partial charge in [0.2, 0.25) is 5.88 Å². The molecule has 0 saturated carbocycles. The SMILES string of the molecule is Brc1cccc(Oc2ccc3c(n2)CCC3)c1. The van der Waals surface area contributed by atoms with E-state index < -0.39 is 0 Å². The maximum Gasteiger partial charge on any atom is 0.219 e. The number of halogens is 1. The van der Waals surface area contributed by atoms with Crippen LogP contribution in [-0.2, 0) is 12.8 Å². The Hall–Kier alpha value is -1.35. The van der Waals surface area contributed by atoms with Gasteiger partial charge in [-0.2, -0.15) is 0 Å². The van der Waals surface area contributed by atoms with Crippen LogP contribution in [-0.4, -0.2) is 4.98 Å². The van der Waals surface area contributed by atoms with Gasteiger partial charge in [-0.3, -0.25) is 0 Å². The second-order valence-electron chi connectivity index (χ2n) is 4.17. The highest BCUT2D eigenvalue weighted by atomic mass is 79.9. The number of nitrogens with zero attached hydrogens (tertiary/aromatic N) is 1. The molecule has 2 aromatic rings. The number of hydrogen-bond donors (Lipinski definition) is 0. The number of ether oxygens (including phenoxy) is 1. The van der Waals surface area contributed by atoms with Crippen LogP contribution in [0.5, 0.6) is 11.6 Å². The minimum absolute atomic E-state index is 0.684. The Morgan fingerprint density at radius 2 is 2.06 bits per heavy atom. The second kappa shape index (κ2) is 4.49. The number of pyridine rings is 1. The monoisotopic (exact) mass is 289 g/mol. The zero-order chi connectivity index (χ0) is 11.7. The minimum atomic E-state index is 0.684. The maximum absolute atomic E-state index is 5.74. The lowest BCUT2D eigenvalue weighted by Gasteiger charge is -2.06. The molecule has 0 unspecified atom stereocenters. The first-order valence-corrected chi connectivity index (χ1v) is 6.53. The Morgan fingerprint density at radius 1 is 1.12 bits per heavy atom. The van der Waals surface area contributed by atoms with Crippen molar-refractivity contribution in [2.75, 3.05) is 0 Å². The van der Waals surface area contributed by atoms with Gasteiger partial charge in [-0.15, -0.1) is 0 Å². The van der Waals surface area contributed by atoms with Crippen LogP contribution >= 0.6 is 15.9 Å². The topological polar surface area (TPSA) is 22.1 Å². The van der Waals surface area contributed by atoms with E-state index in [4.69, 9.17) is 4.74 Å². The fourth-order valence-electron chi connectivity index (χ4n) is 2.11. The molecule has 0 fully saturated rings. The smallest absolute Gasteiger partial charge is 0.219 e. The molecule has 0 amide bonds. The molecule has 1 aliphatic rings. The molecule has 86 valence electrons. The third kappa shape index (κ3) is 2.34. The van der Waals surface area contributed by atoms with Crippen LogP contribution in [0.2, 0.25) is 0 Å². The van der Waals surface area contributed by atoms with Crippen LogP contribution in [0, 0.1) is 0 Å². The maximum atomic E-state index is 5.74. The Balaban J connectivity index is 1.86. The van der Waals surface area contributed by atoms with Crippen molar-refractivity contribution in [2.45, 2.75) is 19.3 Å². The fourth-order valence-corrected chi connectivity index (χ4v) is 2.49. The van der Waals surface area contributed by atoms with Crippen LogP contribution in [0.1, 0.15) is 17.7 Å². The molecule has 0 saturated heterocycles. The highest BCUT2D eigenvalue weighted by molar-refractivity contribution is 9.10. The number of benzene rings is 1. The summed E-state index contributed by atoms with van der Waals surface area (Å²) in [5.74, 6) is 1.49. The van der Waals surface area contributed by atoms with E-state index >= 15 is 0 Å². The van der Waals surface area contributed by atoms with Crippen molar-refractivity contribution in [3.05, 3.63) is 52.1 Å². The molecular formula is C14H12BrNO. The third-order valence-electron chi connectivity index (χ3n) is 2.92. The van der Waals surface area contributed by atoms with Gasteiger partial charge in [-0.25, -0.2) is 4.98 Å². The Morgan fingerprint density at radius 3 is 2.94 bits per heavy atom. The number of aryl methyl sites for hydroxylation is 2. The molecule has 3 heteroatoms. The summed E-state index contributed by atoms with van der Waals surface area (Å²) >= 11 is 3.42. The quantitative estimate of drug-likeness (QED) is 0.829. The third-order valence-corrected chi connectivity index (χ3v) is 3.41. The Kier molecular flexibility index (Phi) is 2.85. The number of fused-ring (bicyclic) bond motifs is 1. The van der Waals surface area contributed by atoms with Crippen molar-refractivity contribution < 1.29 is 4.74 Å². The van der Waals surface area contributed by atoms with Gasteiger partial charge in [0.25, 0.3) is 0 Å². The predicted octanol–water partition coefficient (Wildman–Crippen LogP) is 4.13. The van der Waals surface area contributed by atoms with Crippen LogP contribution in [0.3, 0.4) is 0 Å². The summed E-state index contributed by atoms with van der Waals surface area (Å²) in [5.41, 5.74) is 2.56. The fraction of sp³-hybridized carbons (Fsp3) is 0.214. The first-order chi connectivity index (χ1) is 8.31. The summed E-state index contributed by atoms with van der Waals surface area (Å²) in [7, 11) is 0. The zero-order valence-electron chi connectivity index (χ0n) is 9.32. The van der Waals surface area contributed by atoms with Gasteiger partial charge in [0.15, 0.2) is 0 Å². The summed E-state index contributed by atoms with van der Waals surface area (Å²) in [5, 5.41) is 0. The molecule has 1 heterocycles. The van der Waals surface area contributed by atoms with E-state index in [1.165, 1.54) is 17.7 Å². The van der Waals surface area contributed by atoms with Crippen molar-refractivity contribution in [2.24, 2.45) is 0 Å². The lowest BCUT2D eigenvalue weighted by molar-refractivity contribution is 0.461. The summed E-state index contributed by atoms with van der Waals surface area (Å²) in [4.78, 5) is 4.54. The molecule has 1 aromatic carbocycles. The first-order valence-electron chi connectivity index (χ1n) is 5.73. The van der Waals surface area contributed by atoms with E-state index in [0.29, 0.717) is 5.88 Å². The molecule has 1 aliphatic carbocycles. The van der Waals surface area contributed by atoms with E-state index in [9.17, 15) is 0 Å². The summed E-state index contributed by atoms with van der Waals surface area (Å²) in [6.45, 7) is 0. The average Bonchev–Trinajstić information content (AvgIpc) is 2.76.